The van der Waals surface area contributed by atoms with E-state index in [0.29, 0.717) is 12.5 Å². The quantitative estimate of drug-likeness (QED) is 0.339. The van der Waals surface area contributed by atoms with E-state index in [9.17, 15) is 4.79 Å². The number of carbonyl (C=O) groups is 1. The summed E-state index contributed by atoms with van der Waals surface area (Å²) < 4.78 is 8.56. The Bertz CT molecular complexity index is 614. The molecule has 1 fully saturated rings. The zero-order valence-corrected chi connectivity index (χ0v) is 19.8. The number of ether oxygens (including phenoxy) is 1. The van der Waals surface area contributed by atoms with Gasteiger partial charge in [-0.2, -0.15) is 0 Å². The standard InChI is InChI=1S/C17H28BrN5O2.HI/c1-21(2)16(24)9-20-17(19-8-13-5-6-25-12-13)23(4)11-15-7-14(18)10-22(15)3;/h7,10,13H,5-6,8-9,11-12H2,1-4H3,(H,19,20);1H. The first-order valence-electron chi connectivity index (χ1n) is 8.45. The van der Waals surface area contributed by atoms with Crippen molar-refractivity contribution in [1.82, 2.24) is 19.7 Å². The van der Waals surface area contributed by atoms with Gasteiger partial charge in [-0.15, -0.1) is 24.0 Å². The Morgan fingerprint density at radius 1 is 1.46 bits per heavy atom. The van der Waals surface area contributed by atoms with Gasteiger partial charge in [0.25, 0.3) is 0 Å². The van der Waals surface area contributed by atoms with Crippen LogP contribution in [0.4, 0.5) is 0 Å². The number of hydrogen-bond donors (Lipinski definition) is 1. The number of guanidine groups is 1. The van der Waals surface area contributed by atoms with Gasteiger partial charge in [0.2, 0.25) is 5.91 Å². The third-order valence-corrected chi connectivity index (χ3v) is 4.70. The lowest BCUT2D eigenvalue weighted by atomic mass is 10.1. The molecule has 1 amide bonds. The largest absolute Gasteiger partial charge is 0.381 e. The molecule has 0 bridgehead atoms. The molecule has 1 aliphatic rings. The van der Waals surface area contributed by atoms with Crippen LogP contribution in [0.3, 0.4) is 0 Å². The summed E-state index contributed by atoms with van der Waals surface area (Å²) >= 11 is 3.50. The van der Waals surface area contributed by atoms with Gasteiger partial charge in [0, 0.05) is 63.6 Å². The summed E-state index contributed by atoms with van der Waals surface area (Å²) in [4.78, 5) is 20.0. The smallest absolute Gasteiger partial charge is 0.243 e. The minimum atomic E-state index is -0.0153. The molecule has 1 aromatic heterocycles. The number of amides is 1. The highest BCUT2D eigenvalue weighted by Gasteiger charge is 2.18. The number of hydrogen-bond acceptors (Lipinski definition) is 3. The number of rotatable bonds is 6. The van der Waals surface area contributed by atoms with Gasteiger partial charge in [0.15, 0.2) is 5.96 Å². The van der Waals surface area contributed by atoms with Crippen LogP contribution in [0.15, 0.2) is 21.7 Å². The first-order chi connectivity index (χ1) is 11.9. The number of halogens is 2. The Balaban J connectivity index is 0.00000338. The molecule has 2 heterocycles. The molecule has 0 aromatic carbocycles. The maximum Gasteiger partial charge on any atom is 0.243 e. The lowest BCUT2D eigenvalue weighted by Gasteiger charge is -2.24. The molecule has 1 saturated heterocycles. The van der Waals surface area contributed by atoms with E-state index in [0.717, 1.165) is 42.3 Å². The van der Waals surface area contributed by atoms with Crippen molar-refractivity contribution in [2.45, 2.75) is 13.0 Å². The van der Waals surface area contributed by atoms with E-state index in [2.05, 4.69) is 36.9 Å². The van der Waals surface area contributed by atoms with Crippen LogP contribution in [0.1, 0.15) is 12.1 Å². The lowest BCUT2D eigenvalue weighted by Crippen LogP contribution is -2.42. The van der Waals surface area contributed by atoms with Crippen LogP contribution < -0.4 is 5.32 Å². The zero-order chi connectivity index (χ0) is 18.4. The third-order valence-electron chi connectivity index (χ3n) is 4.27. The van der Waals surface area contributed by atoms with Crippen molar-refractivity contribution in [1.29, 1.82) is 0 Å². The molecule has 1 aliphatic heterocycles. The minimum absolute atomic E-state index is 0. The Morgan fingerprint density at radius 2 is 2.19 bits per heavy atom. The molecule has 1 unspecified atom stereocenters. The number of aryl methyl sites for hydroxylation is 1. The van der Waals surface area contributed by atoms with Crippen LogP contribution in [0.2, 0.25) is 0 Å². The predicted octanol–water partition coefficient (Wildman–Crippen LogP) is 1.91. The number of aliphatic imine (C=N–C) groups is 1. The fraction of sp³-hybridized carbons (Fsp3) is 0.647. The third kappa shape index (κ3) is 7.07. The second-order valence-electron chi connectivity index (χ2n) is 6.66. The molecule has 0 aliphatic carbocycles. The fourth-order valence-electron chi connectivity index (χ4n) is 2.62. The van der Waals surface area contributed by atoms with E-state index in [1.54, 1.807) is 19.0 Å². The first-order valence-corrected chi connectivity index (χ1v) is 9.24. The van der Waals surface area contributed by atoms with Crippen LogP contribution in [0.5, 0.6) is 0 Å². The molecule has 0 radical (unpaired) electrons. The molecule has 0 saturated carbocycles. The summed E-state index contributed by atoms with van der Waals surface area (Å²) in [6.07, 6.45) is 3.09. The van der Waals surface area contributed by atoms with Crippen LogP contribution in [0, 0.1) is 5.92 Å². The highest BCUT2D eigenvalue weighted by atomic mass is 127. The second kappa shape index (κ2) is 11.1. The summed E-state index contributed by atoms with van der Waals surface area (Å²) in [7, 11) is 7.49. The zero-order valence-electron chi connectivity index (χ0n) is 15.9. The SMILES string of the molecule is CN(C)C(=O)CN=C(NCC1CCOC1)N(C)Cc1cc(Br)cn1C.I. The molecular weight excluding hydrogens is 513 g/mol. The van der Waals surface area contributed by atoms with E-state index in [4.69, 9.17) is 4.74 Å². The van der Waals surface area contributed by atoms with Gasteiger partial charge in [-0.25, -0.2) is 4.99 Å². The van der Waals surface area contributed by atoms with Crippen molar-refractivity contribution in [3.8, 4) is 0 Å². The Morgan fingerprint density at radius 3 is 2.73 bits per heavy atom. The molecule has 1 atom stereocenters. The van der Waals surface area contributed by atoms with Crippen molar-refractivity contribution in [2.75, 3.05) is 47.4 Å². The van der Waals surface area contributed by atoms with Crippen molar-refractivity contribution >= 4 is 51.8 Å². The average Bonchev–Trinajstić information content (AvgIpc) is 3.16. The first kappa shape index (κ1) is 23.2. The summed E-state index contributed by atoms with van der Waals surface area (Å²) in [5, 5.41) is 3.41. The Labute approximate surface area is 181 Å². The second-order valence-corrected chi connectivity index (χ2v) is 7.57. The molecule has 1 N–H and O–H groups in total. The summed E-state index contributed by atoms with van der Waals surface area (Å²) in [6.45, 7) is 3.25. The Kier molecular flexibility index (Phi) is 9.94. The molecule has 7 nitrogen and oxygen atoms in total. The molecule has 0 spiro atoms. The maximum absolute atomic E-state index is 11.9. The van der Waals surface area contributed by atoms with Gasteiger partial charge in [-0.1, -0.05) is 0 Å². The summed E-state index contributed by atoms with van der Waals surface area (Å²) in [5.41, 5.74) is 1.16. The fourth-order valence-corrected chi connectivity index (χ4v) is 3.19. The number of nitrogens with zero attached hydrogens (tertiary/aromatic N) is 4. The number of nitrogens with one attached hydrogen (secondary N) is 1. The summed E-state index contributed by atoms with van der Waals surface area (Å²) in [6, 6.07) is 2.09. The molecule has 2 rings (SSSR count). The van der Waals surface area contributed by atoms with E-state index in [1.807, 2.05) is 25.2 Å². The van der Waals surface area contributed by atoms with Gasteiger partial charge < -0.3 is 24.4 Å². The Hall–Kier alpha value is -0.810. The normalized spacial score (nSPS) is 17.0. The highest BCUT2D eigenvalue weighted by molar-refractivity contribution is 14.0. The molecule has 9 heteroatoms. The number of carbonyl (C=O) groups excluding carboxylic acids is 1. The molecule has 148 valence electrons. The minimum Gasteiger partial charge on any atom is -0.381 e. The van der Waals surface area contributed by atoms with Crippen molar-refractivity contribution < 1.29 is 9.53 Å². The monoisotopic (exact) mass is 541 g/mol. The molecule has 26 heavy (non-hydrogen) atoms. The van der Waals surface area contributed by atoms with Gasteiger partial charge in [-0.3, -0.25) is 4.79 Å². The number of likely N-dealkylation sites (N-methyl/N-ethyl adjacent to an activating group) is 1. The van der Waals surface area contributed by atoms with E-state index in [1.165, 1.54) is 0 Å². The van der Waals surface area contributed by atoms with Crippen LogP contribution in [-0.2, 0) is 23.1 Å². The average molecular weight is 542 g/mol. The van der Waals surface area contributed by atoms with Crippen molar-refractivity contribution in [2.24, 2.45) is 18.0 Å². The lowest BCUT2D eigenvalue weighted by molar-refractivity contribution is -0.127. The predicted molar refractivity (Wildman–Crippen MR) is 118 cm³/mol. The maximum atomic E-state index is 11.9. The van der Waals surface area contributed by atoms with Gasteiger partial charge in [0.05, 0.1) is 13.2 Å². The van der Waals surface area contributed by atoms with Gasteiger partial charge >= 0.3 is 0 Å². The molecule has 1 aromatic rings. The van der Waals surface area contributed by atoms with Gasteiger partial charge in [-0.05, 0) is 28.4 Å². The highest BCUT2D eigenvalue weighted by Crippen LogP contribution is 2.15. The topological polar surface area (TPSA) is 62.1 Å². The van der Waals surface area contributed by atoms with Crippen LogP contribution in [-0.4, -0.2) is 73.7 Å². The summed E-state index contributed by atoms with van der Waals surface area (Å²) in [5.74, 6) is 1.21. The van der Waals surface area contributed by atoms with E-state index >= 15 is 0 Å². The van der Waals surface area contributed by atoms with E-state index in [-0.39, 0.29) is 36.4 Å². The van der Waals surface area contributed by atoms with Gasteiger partial charge in [0.1, 0.15) is 6.54 Å². The van der Waals surface area contributed by atoms with Crippen LogP contribution >= 0.6 is 39.9 Å². The molecular formula is C17H29BrIN5O2. The van der Waals surface area contributed by atoms with E-state index < -0.39 is 0 Å². The number of aromatic nitrogens is 1. The van der Waals surface area contributed by atoms with Crippen LogP contribution in [0.25, 0.3) is 0 Å². The van der Waals surface area contributed by atoms with Crippen molar-refractivity contribution in [3.05, 3.63) is 22.4 Å². The van der Waals surface area contributed by atoms with Crippen molar-refractivity contribution in [3.63, 3.8) is 0 Å².